The lowest BCUT2D eigenvalue weighted by atomic mass is 10.0. The number of hydrogen-bond donors (Lipinski definition) is 2. The molecule has 1 atom stereocenters. The van der Waals surface area contributed by atoms with Gasteiger partial charge in [0.15, 0.2) is 0 Å². The van der Waals surface area contributed by atoms with Crippen LogP contribution in [0.5, 0.6) is 0 Å². The fourth-order valence-electron chi connectivity index (χ4n) is 1.60. The van der Waals surface area contributed by atoms with Crippen LogP contribution in [0.25, 0.3) is 0 Å². The van der Waals surface area contributed by atoms with E-state index in [1.807, 2.05) is 13.8 Å². The lowest BCUT2D eigenvalue weighted by Crippen LogP contribution is -2.41. The summed E-state index contributed by atoms with van der Waals surface area (Å²) in [6.45, 7) is 3.67. The molecule has 0 fully saturated rings. The molecule has 2 N–H and O–H groups in total. The van der Waals surface area contributed by atoms with Crippen molar-refractivity contribution in [2.75, 3.05) is 0 Å². The summed E-state index contributed by atoms with van der Waals surface area (Å²) >= 11 is 5.68. The van der Waals surface area contributed by atoms with Crippen LogP contribution in [0.15, 0.2) is 18.2 Å². The highest BCUT2D eigenvalue weighted by molar-refractivity contribution is 6.31. The van der Waals surface area contributed by atoms with Crippen molar-refractivity contribution in [1.29, 1.82) is 0 Å². The lowest BCUT2D eigenvalue weighted by Gasteiger charge is -2.16. The van der Waals surface area contributed by atoms with E-state index in [2.05, 4.69) is 5.32 Å². The van der Waals surface area contributed by atoms with Gasteiger partial charge in [-0.2, -0.15) is 0 Å². The Hall–Kier alpha value is -1.62. The molecule has 0 aliphatic heterocycles. The highest BCUT2D eigenvalue weighted by Gasteiger charge is 2.23. The van der Waals surface area contributed by atoms with E-state index in [9.17, 15) is 14.0 Å². The summed E-state index contributed by atoms with van der Waals surface area (Å²) in [6.07, 6.45) is 0.267. The fourth-order valence-corrected chi connectivity index (χ4v) is 1.77. The van der Waals surface area contributed by atoms with Crippen molar-refractivity contribution in [3.63, 3.8) is 0 Å². The van der Waals surface area contributed by atoms with Crippen molar-refractivity contribution >= 4 is 23.5 Å². The number of hydrogen-bond acceptors (Lipinski definition) is 2. The van der Waals surface area contributed by atoms with Crippen LogP contribution in [-0.4, -0.2) is 23.0 Å². The number of carboxylic acids is 1. The Labute approximate surface area is 115 Å². The largest absolute Gasteiger partial charge is 0.480 e. The molecule has 4 nitrogen and oxygen atoms in total. The summed E-state index contributed by atoms with van der Waals surface area (Å²) in [5, 5.41) is 11.5. The van der Waals surface area contributed by atoms with E-state index in [1.54, 1.807) is 0 Å². The quantitative estimate of drug-likeness (QED) is 0.875. The third kappa shape index (κ3) is 4.52. The van der Waals surface area contributed by atoms with Crippen LogP contribution >= 0.6 is 11.6 Å². The number of amides is 1. The molecule has 0 saturated heterocycles. The van der Waals surface area contributed by atoms with Crippen LogP contribution in [0.1, 0.15) is 30.6 Å². The third-order valence-corrected chi connectivity index (χ3v) is 2.72. The Morgan fingerprint density at radius 2 is 2.05 bits per heavy atom. The van der Waals surface area contributed by atoms with Crippen molar-refractivity contribution in [3.8, 4) is 0 Å². The normalized spacial score (nSPS) is 12.3. The second kappa shape index (κ2) is 6.52. The minimum atomic E-state index is -1.15. The maximum Gasteiger partial charge on any atom is 0.326 e. The van der Waals surface area contributed by atoms with Crippen molar-refractivity contribution in [3.05, 3.63) is 34.6 Å². The summed E-state index contributed by atoms with van der Waals surface area (Å²) in [5.74, 6) is -2.58. The molecule has 0 bridgehead atoms. The zero-order valence-corrected chi connectivity index (χ0v) is 11.4. The molecule has 0 saturated carbocycles. The maximum absolute atomic E-state index is 13.5. The second-order valence-electron chi connectivity index (χ2n) is 4.62. The predicted octanol–water partition coefficient (Wildman–Crippen LogP) is 2.71. The van der Waals surface area contributed by atoms with Crippen molar-refractivity contribution < 1.29 is 19.1 Å². The van der Waals surface area contributed by atoms with Gasteiger partial charge in [-0.3, -0.25) is 4.79 Å². The van der Waals surface area contributed by atoms with Crippen LogP contribution in [-0.2, 0) is 4.79 Å². The number of carbonyl (C=O) groups excluding carboxylic acids is 1. The zero-order chi connectivity index (χ0) is 14.6. The molecule has 1 rings (SSSR count). The van der Waals surface area contributed by atoms with Gasteiger partial charge in [-0.05, 0) is 30.5 Å². The standard InChI is InChI=1S/C13H15ClFNO3/c1-7(2)5-11(13(18)19)16-12(17)9-6-8(14)3-4-10(9)15/h3-4,6-7,11H,5H2,1-2H3,(H,16,17)(H,18,19)/t11-/m0/s1. The number of benzene rings is 1. The Bertz CT molecular complexity index is 491. The molecule has 0 spiro atoms. The van der Waals surface area contributed by atoms with E-state index in [0.29, 0.717) is 0 Å². The number of halogens is 2. The SMILES string of the molecule is CC(C)C[C@H](NC(=O)c1cc(Cl)ccc1F)C(=O)O. The Balaban J connectivity index is 2.87. The van der Waals surface area contributed by atoms with Gasteiger partial charge in [0, 0.05) is 5.02 Å². The summed E-state index contributed by atoms with van der Waals surface area (Å²) in [5.41, 5.74) is -0.262. The van der Waals surface area contributed by atoms with Gasteiger partial charge in [0.1, 0.15) is 11.9 Å². The van der Waals surface area contributed by atoms with Crippen molar-refractivity contribution in [2.45, 2.75) is 26.3 Å². The van der Waals surface area contributed by atoms with Gasteiger partial charge in [0.25, 0.3) is 5.91 Å². The Kier molecular flexibility index (Phi) is 5.30. The van der Waals surface area contributed by atoms with Gasteiger partial charge in [-0.1, -0.05) is 25.4 Å². The van der Waals surface area contributed by atoms with E-state index >= 15 is 0 Å². The first-order valence-corrected chi connectivity index (χ1v) is 6.17. The summed E-state index contributed by atoms with van der Waals surface area (Å²) in [4.78, 5) is 22.9. The first-order valence-electron chi connectivity index (χ1n) is 5.80. The Morgan fingerprint density at radius 3 is 2.58 bits per heavy atom. The molecule has 0 heterocycles. The molecule has 104 valence electrons. The van der Waals surface area contributed by atoms with E-state index in [-0.39, 0.29) is 22.9 Å². The van der Waals surface area contributed by atoms with Gasteiger partial charge < -0.3 is 10.4 Å². The zero-order valence-electron chi connectivity index (χ0n) is 10.6. The molecule has 0 radical (unpaired) electrons. The molecule has 0 aliphatic carbocycles. The van der Waals surface area contributed by atoms with Crippen LogP contribution in [0.2, 0.25) is 5.02 Å². The maximum atomic E-state index is 13.5. The van der Waals surface area contributed by atoms with E-state index in [1.165, 1.54) is 12.1 Å². The first kappa shape index (κ1) is 15.4. The highest BCUT2D eigenvalue weighted by Crippen LogP contribution is 2.15. The average molecular weight is 288 g/mol. The summed E-state index contributed by atoms with van der Waals surface area (Å²) in [7, 11) is 0. The van der Waals surface area contributed by atoms with Gasteiger partial charge in [-0.25, -0.2) is 9.18 Å². The molecule has 19 heavy (non-hydrogen) atoms. The van der Waals surface area contributed by atoms with Gasteiger partial charge in [-0.15, -0.1) is 0 Å². The summed E-state index contributed by atoms with van der Waals surface area (Å²) in [6, 6.07) is 2.50. The third-order valence-electron chi connectivity index (χ3n) is 2.48. The second-order valence-corrected chi connectivity index (χ2v) is 5.05. The number of carbonyl (C=O) groups is 2. The number of carboxylic acid groups (broad SMARTS) is 1. The smallest absolute Gasteiger partial charge is 0.326 e. The monoisotopic (exact) mass is 287 g/mol. The molecule has 1 aromatic rings. The molecule has 0 aliphatic rings. The van der Waals surface area contributed by atoms with E-state index in [4.69, 9.17) is 16.7 Å². The van der Waals surface area contributed by atoms with Gasteiger partial charge >= 0.3 is 5.97 Å². The first-order chi connectivity index (χ1) is 8.81. The van der Waals surface area contributed by atoms with Gasteiger partial charge in [0.05, 0.1) is 5.56 Å². The molecule has 6 heteroatoms. The molecule has 1 amide bonds. The molecular formula is C13H15ClFNO3. The number of aliphatic carboxylic acids is 1. The topological polar surface area (TPSA) is 66.4 Å². The highest BCUT2D eigenvalue weighted by atomic mass is 35.5. The average Bonchev–Trinajstić information content (AvgIpc) is 2.30. The van der Waals surface area contributed by atoms with Crippen LogP contribution in [0.3, 0.4) is 0 Å². The van der Waals surface area contributed by atoms with E-state index < -0.39 is 23.7 Å². The number of rotatable bonds is 5. The van der Waals surface area contributed by atoms with E-state index in [0.717, 1.165) is 6.07 Å². The van der Waals surface area contributed by atoms with Crippen LogP contribution < -0.4 is 5.32 Å². The lowest BCUT2D eigenvalue weighted by molar-refractivity contribution is -0.139. The van der Waals surface area contributed by atoms with Crippen LogP contribution in [0.4, 0.5) is 4.39 Å². The molecule has 0 unspecified atom stereocenters. The van der Waals surface area contributed by atoms with Crippen molar-refractivity contribution in [1.82, 2.24) is 5.32 Å². The Morgan fingerprint density at radius 1 is 1.42 bits per heavy atom. The van der Waals surface area contributed by atoms with Crippen LogP contribution in [0, 0.1) is 11.7 Å². The minimum Gasteiger partial charge on any atom is -0.480 e. The number of nitrogens with one attached hydrogen (secondary N) is 1. The molecule has 1 aromatic carbocycles. The van der Waals surface area contributed by atoms with Gasteiger partial charge in [0.2, 0.25) is 0 Å². The fraction of sp³-hybridized carbons (Fsp3) is 0.385. The van der Waals surface area contributed by atoms with Crippen molar-refractivity contribution in [2.24, 2.45) is 5.92 Å². The summed E-state index contributed by atoms with van der Waals surface area (Å²) < 4.78 is 13.5. The predicted molar refractivity (Wildman–Crippen MR) is 69.8 cm³/mol. The molecular weight excluding hydrogens is 273 g/mol. The minimum absolute atomic E-state index is 0.0885. The molecule has 0 aromatic heterocycles.